The average Bonchev–Trinajstić information content (AvgIpc) is 2.65. The standard InChI is InChI=1S/C20H25F2N3O2.HI/c1-4-23-20(24-12-18(26)15-7-5-6-8-16(15)21)25(2)13-14-9-10-19(27-3)17(22)11-14;/h5-11,18,26H,4,12-13H2,1-3H3,(H,23,24);1H. The van der Waals surface area contributed by atoms with Crippen LogP contribution in [0.15, 0.2) is 47.5 Å². The van der Waals surface area contributed by atoms with Crippen molar-refractivity contribution in [1.29, 1.82) is 0 Å². The predicted octanol–water partition coefficient (Wildman–Crippen LogP) is 3.72. The number of halogens is 3. The first kappa shape index (κ1) is 24.1. The van der Waals surface area contributed by atoms with Gasteiger partial charge in [0.1, 0.15) is 11.9 Å². The molecule has 2 rings (SSSR count). The van der Waals surface area contributed by atoms with Gasteiger partial charge in [0.25, 0.3) is 0 Å². The highest BCUT2D eigenvalue weighted by atomic mass is 127. The Morgan fingerprint density at radius 2 is 1.93 bits per heavy atom. The normalized spacial score (nSPS) is 12.1. The molecule has 5 nitrogen and oxygen atoms in total. The Hall–Kier alpha value is -1.94. The first-order valence-electron chi connectivity index (χ1n) is 8.70. The van der Waals surface area contributed by atoms with Crippen molar-refractivity contribution in [3.63, 3.8) is 0 Å². The molecule has 0 aliphatic rings. The fourth-order valence-corrected chi connectivity index (χ4v) is 2.64. The van der Waals surface area contributed by atoms with Crippen molar-refractivity contribution in [2.24, 2.45) is 4.99 Å². The number of ether oxygens (including phenoxy) is 1. The van der Waals surface area contributed by atoms with Crippen molar-refractivity contribution < 1.29 is 18.6 Å². The van der Waals surface area contributed by atoms with E-state index < -0.39 is 17.7 Å². The molecule has 0 aliphatic heterocycles. The molecular formula is C20H26F2IN3O2. The fourth-order valence-electron chi connectivity index (χ4n) is 2.64. The van der Waals surface area contributed by atoms with Gasteiger partial charge in [-0.1, -0.05) is 24.3 Å². The second-order valence-electron chi connectivity index (χ2n) is 6.06. The van der Waals surface area contributed by atoms with Crippen molar-refractivity contribution in [2.45, 2.75) is 19.6 Å². The summed E-state index contributed by atoms with van der Waals surface area (Å²) in [6, 6.07) is 10.8. The van der Waals surface area contributed by atoms with Gasteiger partial charge in [0.2, 0.25) is 0 Å². The van der Waals surface area contributed by atoms with E-state index in [2.05, 4.69) is 10.3 Å². The van der Waals surface area contributed by atoms with Crippen LogP contribution in [0.1, 0.15) is 24.2 Å². The van der Waals surface area contributed by atoms with E-state index in [0.717, 1.165) is 5.56 Å². The predicted molar refractivity (Wildman–Crippen MR) is 117 cm³/mol. The van der Waals surface area contributed by atoms with E-state index in [-0.39, 0.29) is 41.8 Å². The molecule has 0 saturated carbocycles. The summed E-state index contributed by atoms with van der Waals surface area (Å²) in [6.45, 7) is 2.95. The number of rotatable bonds is 7. The molecule has 28 heavy (non-hydrogen) atoms. The summed E-state index contributed by atoms with van der Waals surface area (Å²) in [6.07, 6.45) is -1.05. The second kappa shape index (κ2) is 11.8. The lowest BCUT2D eigenvalue weighted by atomic mass is 10.1. The van der Waals surface area contributed by atoms with Crippen molar-refractivity contribution in [1.82, 2.24) is 10.2 Å². The van der Waals surface area contributed by atoms with Gasteiger partial charge in [0.15, 0.2) is 17.5 Å². The zero-order chi connectivity index (χ0) is 19.8. The van der Waals surface area contributed by atoms with Crippen molar-refractivity contribution in [2.75, 3.05) is 27.2 Å². The quantitative estimate of drug-likeness (QED) is 0.342. The molecule has 1 unspecified atom stereocenters. The van der Waals surface area contributed by atoms with Crippen LogP contribution in [0, 0.1) is 11.6 Å². The summed E-state index contributed by atoms with van der Waals surface area (Å²) in [7, 11) is 3.22. The van der Waals surface area contributed by atoms with Crippen LogP contribution in [0.2, 0.25) is 0 Å². The summed E-state index contributed by atoms with van der Waals surface area (Å²) in [5.41, 5.74) is 0.952. The van der Waals surface area contributed by atoms with E-state index in [4.69, 9.17) is 4.74 Å². The second-order valence-corrected chi connectivity index (χ2v) is 6.06. The third-order valence-electron chi connectivity index (χ3n) is 4.01. The third-order valence-corrected chi connectivity index (χ3v) is 4.01. The average molecular weight is 505 g/mol. The molecular weight excluding hydrogens is 479 g/mol. The fraction of sp³-hybridized carbons (Fsp3) is 0.350. The Kier molecular flexibility index (Phi) is 10.2. The summed E-state index contributed by atoms with van der Waals surface area (Å²) in [5.74, 6) is -0.174. The Balaban J connectivity index is 0.00000392. The van der Waals surface area contributed by atoms with Crippen LogP contribution >= 0.6 is 24.0 Å². The van der Waals surface area contributed by atoms with Crippen LogP contribution < -0.4 is 10.1 Å². The van der Waals surface area contributed by atoms with Gasteiger partial charge in [-0.2, -0.15) is 0 Å². The highest BCUT2D eigenvalue weighted by Gasteiger charge is 2.14. The minimum atomic E-state index is -1.05. The van der Waals surface area contributed by atoms with E-state index in [1.54, 1.807) is 36.2 Å². The molecule has 2 N–H and O–H groups in total. The van der Waals surface area contributed by atoms with E-state index in [1.807, 2.05) is 6.92 Å². The summed E-state index contributed by atoms with van der Waals surface area (Å²) in [5, 5.41) is 13.3. The van der Waals surface area contributed by atoms with Gasteiger partial charge in [-0.05, 0) is 30.7 Å². The smallest absolute Gasteiger partial charge is 0.194 e. The molecule has 0 bridgehead atoms. The highest BCUT2D eigenvalue weighted by Crippen LogP contribution is 2.19. The number of methoxy groups -OCH3 is 1. The van der Waals surface area contributed by atoms with E-state index in [1.165, 1.54) is 25.3 Å². The maximum atomic E-state index is 13.9. The van der Waals surface area contributed by atoms with E-state index >= 15 is 0 Å². The third kappa shape index (κ3) is 6.59. The number of nitrogens with zero attached hydrogens (tertiary/aromatic N) is 2. The lowest BCUT2D eigenvalue weighted by Gasteiger charge is -2.23. The molecule has 8 heteroatoms. The molecule has 1 atom stereocenters. The van der Waals surface area contributed by atoms with Crippen LogP contribution in [0.25, 0.3) is 0 Å². The molecule has 0 radical (unpaired) electrons. The van der Waals surface area contributed by atoms with E-state index in [9.17, 15) is 13.9 Å². The number of hydrogen-bond donors (Lipinski definition) is 2. The van der Waals surface area contributed by atoms with Gasteiger partial charge in [0, 0.05) is 25.7 Å². The molecule has 0 fully saturated rings. The minimum Gasteiger partial charge on any atom is -0.494 e. The molecule has 0 aromatic heterocycles. The maximum absolute atomic E-state index is 13.9. The first-order chi connectivity index (χ1) is 13.0. The molecule has 2 aromatic carbocycles. The lowest BCUT2D eigenvalue weighted by molar-refractivity contribution is 0.181. The molecule has 0 spiro atoms. The number of aliphatic hydroxyl groups excluding tert-OH is 1. The van der Waals surface area contributed by atoms with Crippen LogP contribution in [0.4, 0.5) is 8.78 Å². The number of hydrogen-bond acceptors (Lipinski definition) is 3. The van der Waals surface area contributed by atoms with Crippen molar-refractivity contribution in [3.8, 4) is 5.75 Å². The number of aliphatic imine (C=N–C) groups is 1. The van der Waals surface area contributed by atoms with Crippen LogP contribution in [-0.2, 0) is 6.54 Å². The van der Waals surface area contributed by atoms with Crippen LogP contribution in [0.3, 0.4) is 0 Å². The summed E-state index contributed by atoms with van der Waals surface area (Å²) < 4.78 is 32.6. The van der Waals surface area contributed by atoms with Gasteiger partial charge >= 0.3 is 0 Å². The monoisotopic (exact) mass is 505 g/mol. The summed E-state index contributed by atoms with van der Waals surface area (Å²) >= 11 is 0. The number of nitrogens with one attached hydrogen (secondary N) is 1. The summed E-state index contributed by atoms with van der Waals surface area (Å²) in [4.78, 5) is 6.18. The Morgan fingerprint density at radius 1 is 1.21 bits per heavy atom. The molecule has 0 aliphatic carbocycles. The molecule has 154 valence electrons. The Morgan fingerprint density at radius 3 is 2.54 bits per heavy atom. The molecule has 2 aromatic rings. The number of benzene rings is 2. The molecule has 0 heterocycles. The largest absolute Gasteiger partial charge is 0.494 e. The van der Waals surface area contributed by atoms with Crippen molar-refractivity contribution >= 4 is 29.9 Å². The van der Waals surface area contributed by atoms with Gasteiger partial charge in [-0.15, -0.1) is 24.0 Å². The molecule has 0 saturated heterocycles. The van der Waals surface area contributed by atoms with Crippen LogP contribution in [0.5, 0.6) is 5.75 Å². The van der Waals surface area contributed by atoms with E-state index in [0.29, 0.717) is 19.0 Å². The maximum Gasteiger partial charge on any atom is 0.194 e. The van der Waals surface area contributed by atoms with Gasteiger partial charge in [-0.3, -0.25) is 4.99 Å². The number of aliphatic hydroxyl groups is 1. The first-order valence-corrected chi connectivity index (χ1v) is 8.70. The minimum absolute atomic E-state index is 0. The van der Waals surface area contributed by atoms with Crippen molar-refractivity contribution in [3.05, 3.63) is 65.2 Å². The van der Waals surface area contributed by atoms with Crippen LogP contribution in [-0.4, -0.2) is 43.2 Å². The highest BCUT2D eigenvalue weighted by molar-refractivity contribution is 14.0. The molecule has 0 amide bonds. The number of guanidine groups is 1. The zero-order valence-corrected chi connectivity index (χ0v) is 18.5. The zero-order valence-electron chi connectivity index (χ0n) is 16.2. The Labute approximate surface area is 181 Å². The SMILES string of the molecule is CCNC(=NCC(O)c1ccccc1F)N(C)Cc1ccc(OC)c(F)c1.I. The Bertz CT molecular complexity index is 790. The lowest BCUT2D eigenvalue weighted by Crippen LogP contribution is -2.38. The van der Waals surface area contributed by atoms with Gasteiger partial charge in [0.05, 0.1) is 13.7 Å². The topological polar surface area (TPSA) is 57.1 Å². The van der Waals surface area contributed by atoms with Gasteiger partial charge < -0.3 is 20.1 Å². The van der Waals surface area contributed by atoms with Gasteiger partial charge in [-0.25, -0.2) is 8.78 Å².